The molecule has 0 aliphatic rings. The van der Waals surface area contributed by atoms with Crippen LogP contribution in [-0.4, -0.2) is 71.9 Å². The number of rotatable bonds is 13. The van der Waals surface area contributed by atoms with Crippen LogP contribution in [0.15, 0.2) is 29.3 Å². The lowest BCUT2D eigenvalue weighted by Crippen LogP contribution is -2.41. The number of hydrogen-bond donors (Lipinski definition) is 3. The average Bonchev–Trinajstić information content (AvgIpc) is 2.69. The quantitative estimate of drug-likeness (QED) is 0.0863. The first-order valence-electron chi connectivity index (χ1n) is 10.6. The fourth-order valence-corrected chi connectivity index (χ4v) is 3.03. The molecule has 0 radical (unpaired) electrons. The van der Waals surface area contributed by atoms with Gasteiger partial charge in [0.05, 0.1) is 11.5 Å². The number of nitro groups is 1. The third-order valence-corrected chi connectivity index (χ3v) is 4.51. The van der Waals surface area contributed by atoms with E-state index >= 15 is 0 Å². The second-order valence-corrected chi connectivity index (χ2v) is 7.64. The van der Waals surface area contributed by atoms with Gasteiger partial charge in [0.2, 0.25) is 0 Å². The minimum atomic E-state index is -0.784. The minimum Gasteiger partial charge on any atom is -0.491 e. The van der Waals surface area contributed by atoms with Gasteiger partial charge < -0.3 is 20.5 Å². The Kier molecular flexibility index (Phi) is 15.2. The van der Waals surface area contributed by atoms with Gasteiger partial charge in [-0.15, -0.1) is 24.0 Å². The number of nitro benzene ring substituents is 1. The van der Waals surface area contributed by atoms with Crippen molar-refractivity contribution in [3.8, 4) is 5.75 Å². The average molecular weight is 551 g/mol. The van der Waals surface area contributed by atoms with Crippen LogP contribution in [0.1, 0.15) is 41.0 Å². The van der Waals surface area contributed by atoms with Crippen molar-refractivity contribution < 1.29 is 14.8 Å². The lowest BCUT2D eigenvalue weighted by Gasteiger charge is -2.30. The minimum absolute atomic E-state index is 0. The molecule has 0 saturated carbocycles. The van der Waals surface area contributed by atoms with E-state index in [1.54, 1.807) is 0 Å². The van der Waals surface area contributed by atoms with Gasteiger partial charge in [-0.25, -0.2) is 0 Å². The molecule has 1 atom stereocenters. The molecule has 178 valence electrons. The molecule has 1 rings (SSSR count). The van der Waals surface area contributed by atoms with Gasteiger partial charge in [0.1, 0.15) is 18.5 Å². The third kappa shape index (κ3) is 12.1. The van der Waals surface area contributed by atoms with Crippen molar-refractivity contribution in [3.05, 3.63) is 34.4 Å². The Hall–Kier alpha value is -1.66. The van der Waals surface area contributed by atoms with Gasteiger partial charge in [-0.05, 0) is 53.2 Å². The second-order valence-electron chi connectivity index (χ2n) is 7.64. The number of non-ortho nitro benzene ring substituents is 1. The predicted molar refractivity (Wildman–Crippen MR) is 136 cm³/mol. The second kappa shape index (κ2) is 16.0. The van der Waals surface area contributed by atoms with Crippen LogP contribution in [0.3, 0.4) is 0 Å². The Morgan fingerprint density at radius 2 is 1.81 bits per heavy atom. The Bertz CT molecular complexity index is 648. The van der Waals surface area contributed by atoms with E-state index in [1.807, 2.05) is 6.92 Å². The largest absolute Gasteiger partial charge is 0.491 e. The number of nitrogens with one attached hydrogen (secondary N) is 2. The van der Waals surface area contributed by atoms with Crippen molar-refractivity contribution >= 4 is 35.6 Å². The Labute approximate surface area is 202 Å². The highest BCUT2D eigenvalue weighted by atomic mass is 127. The maximum absolute atomic E-state index is 10.7. The molecule has 0 fully saturated rings. The molecule has 1 aromatic carbocycles. The Morgan fingerprint density at radius 3 is 2.32 bits per heavy atom. The molecule has 0 spiro atoms. The topological polar surface area (TPSA) is 112 Å². The number of aliphatic hydroxyl groups is 1. The molecule has 10 heteroatoms. The molecular formula is C21H38IN5O4. The van der Waals surface area contributed by atoms with Gasteiger partial charge in [0, 0.05) is 43.9 Å². The van der Waals surface area contributed by atoms with Gasteiger partial charge in [-0.1, -0.05) is 0 Å². The van der Waals surface area contributed by atoms with Crippen LogP contribution in [0.2, 0.25) is 0 Å². The van der Waals surface area contributed by atoms with Crippen LogP contribution in [0.5, 0.6) is 5.75 Å². The van der Waals surface area contributed by atoms with E-state index in [9.17, 15) is 15.2 Å². The predicted octanol–water partition coefficient (Wildman–Crippen LogP) is 3.02. The number of aliphatic imine (C=N–C) groups is 1. The maximum atomic E-state index is 10.7. The summed E-state index contributed by atoms with van der Waals surface area (Å²) in [5, 5.41) is 27.3. The zero-order chi connectivity index (χ0) is 22.5. The lowest BCUT2D eigenvalue weighted by molar-refractivity contribution is -0.384. The highest BCUT2D eigenvalue weighted by molar-refractivity contribution is 14.0. The summed E-state index contributed by atoms with van der Waals surface area (Å²) in [6.45, 7) is 13.6. The van der Waals surface area contributed by atoms with Crippen molar-refractivity contribution in [1.82, 2.24) is 15.5 Å². The standard InChI is InChI=1S/C21H37N5O4.HI/c1-6-22-21(23-12-7-13-25(16(2)3)17(4)5)24-14-19(27)15-30-20-10-8-18(9-11-20)26(28)29;/h8-11,16-17,19,27H,6-7,12-15H2,1-5H3,(H2,22,23,24);1H. The van der Waals surface area contributed by atoms with Crippen LogP contribution in [0.25, 0.3) is 0 Å². The number of aliphatic hydroxyl groups excluding tert-OH is 1. The number of hydrogen-bond acceptors (Lipinski definition) is 6. The highest BCUT2D eigenvalue weighted by Crippen LogP contribution is 2.17. The molecule has 1 aromatic rings. The number of benzene rings is 1. The summed E-state index contributed by atoms with van der Waals surface area (Å²) in [6.07, 6.45) is 0.208. The lowest BCUT2D eigenvalue weighted by atomic mass is 10.2. The third-order valence-electron chi connectivity index (χ3n) is 4.51. The fraction of sp³-hybridized carbons (Fsp3) is 0.667. The molecular weight excluding hydrogens is 513 g/mol. The first-order chi connectivity index (χ1) is 14.2. The molecule has 0 aromatic heterocycles. The summed E-state index contributed by atoms with van der Waals surface area (Å²) in [4.78, 5) is 17.1. The molecule has 0 amide bonds. The van der Waals surface area contributed by atoms with E-state index in [-0.39, 0.29) is 42.8 Å². The van der Waals surface area contributed by atoms with Gasteiger partial charge >= 0.3 is 0 Å². The molecule has 0 aliphatic heterocycles. The van der Waals surface area contributed by atoms with Gasteiger partial charge in [0.15, 0.2) is 5.96 Å². The van der Waals surface area contributed by atoms with Crippen LogP contribution >= 0.6 is 24.0 Å². The van der Waals surface area contributed by atoms with Crippen LogP contribution in [-0.2, 0) is 0 Å². The smallest absolute Gasteiger partial charge is 0.269 e. The Morgan fingerprint density at radius 1 is 1.19 bits per heavy atom. The summed E-state index contributed by atoms with van der Waals surface area (Å²) in [5.41, 5.74) is -0.00114. The van der Waals surface area contributed by atoms with Crippen molar-refractivity contribution in [2.45, 2.75) is 59.2 Å². The van der Waals surface area contributed by atoms with Crippen molar-refractivity contribution in [2.75, 3.05) is 32.8 Å². The number of guanidine groups is 1. The van der Waals surface area contributed by atoms with E-state index in [0.29, 0.717) is 23.8 Å². The first-order valence-corrected chi connectivity index (χ1v) is 10.6. The molecule has 0 bridgehead atoms. The summed E-state index contributed by atoms with van der Waals surface area (Å²) >= 11 is 0. The van der Waals surface area contributed by atoms with Gasteiger partial charge in [-0.2, -0.15) is 0 Å². The summed E-state index contributed by atoms with van der Waals surface area (Å²) in [7, 11) is 0. The summed E-state index contributed by atoms with van der Waals surface area (Å²) < 4.78 is 5.48. The summed E-state index contributed by atoms with van der Waals surface area (Å²) in [6, 6.07) is 6.78. The SMILES string of the molecule is CCNC(=NCC(O)COc1ccc([N+](=O)[O-])cc1)NCCCN(C(C)C)C(C)C.I. The van der Waals surface area contributed by atoms with Crippen molar-refractivity contribution in [3.63, 3.8) is 0 Å². The molecule has 31 heavy (non-hydrogen) atoms. The Balaban J connectivity index is 0.00000900. The number of ether oxygens (including phenoxy) is 1. The van der Waals surface area contributed by atoms with E-state index in [4.69, 9.17) is 4.74 Å². The maximum Gasteiger partial charge on any atom is 0.269 e. The van der Waals surface area contributed by atoms with Crippen molar-refractivity contribution in [2.24, 2.45) is 4.99 Å². The molecule has 0 saturated heterocycles. The number of nitrogens with zero attached hydrogens (tertiary/aromatic N) is 3. The molecule has 3 N–H and O–H groups in total. The summed E-state index contributed by atoms with van der Waals surface area (Å²) in [5.74, 6) is 1.13. The number of halogens is 1. The molecule has 0 aliphatic carbocycles. The molecule has 0 heterocycles. The first kappa shape index (κ1) is 29.3. The molecule has 1 unspecified atom stereocenters. The van der Waals surface area contributed by atoms with Gasteiger partial charge in [-0.3, -0.25) is 20.0 Å². The normalized spacial score (nSPS) is 12.6. The van der Waals surface area contributed by atoms with Crippen LogP contribution < -0.4 is 15.4 Å². The monoisotopic (exact) mass is 551 g/mol. The molecule has 9 nitrogen and oxygen atoms in total. The zero-order valence-electron chi connectivity index (χ0n) is 19.2. The van der Waals surface area contributed by atoms with Crippen LogP contribution in [0.4, 0.5) is 5.69 Å². The van der Waals surface area contributed by atoms with E-state index in [2.05, 4.69) is 48.2 Å². The highest BCUT2D eigenvalue weighted by Gasteiger charge is 2.12. The van der Waals surface area contributed by atoms with Gasteiger partial charge in [0.25, 0.3) is 5.69 Å². The fourth-order valence-electron chi connectivity index (χ4n) is 3.03. The van der Waals surface area contributed by atoms with Crippen molar-refractivity contribution in [1.29, 1.82) is 0 Å². The zero-order valence-corrected chi connectivity index (χ0v) is 21.5. The van der Waals surface area contributed by atoms with E-state index in [0.717, 1.165) is 26.1 Å². The van der Waals surface area contributed by atoms with E-state index in [1.165, 1.54) is 24.3 Å². The van der Waals surface area contributed by atoms with E-state index < -0.39 is 11.0 Å². The van der Waals surface area contributed by atoms with Crippen LogP contribution in [0, 0.1) is 10.1 Å².